The molecule has 4 rings (SSSR count). The second-order valence-corrected chi connectivity index (χ2v) is 8.99. The summed E-state index contributed by atoms with van der Waals surface area (Å²) in [5.41, 5.74) is 8.08. The lowest BCUT2D eigenvalue weighted by Crippen LogP contribution is -2.46. The fourth-order valence-electron chi connectivity index (χ4n) is 5.52. The van der Waals surface area contributed by atoms with Crippen LogP contribution < -0.4 is 10.6 Å². The van der Waals surface area contributed by atoms with Crippen molar-refractivity contribution < 1.29 is 9.59 Å². The average Bonchev–Trinajstić information content (AvgIpc) is 3.38. The summed E-state index contributed by atoms with van der Waals surface area (Å²) in [4.78, 5) is 30.8. The predicted molar refractivity (Wildman–Crippen MR) is 110 cm³/mol. The molecule has 6 heteroatoms. The van der Waals surface area contributed by atoms with Crippen molar-refractivity contribution in [3.8, 4) is 0 Å². The van der Waals surface area contributed by atoms with Crippen LogP contribution in [0.3, 0.4) is 0 Å². The van der Waals surface area contributed by atoms with Gasteiger partial charge in [-0.3, -0.25) is 9.69 Å². The van der Waals surface area contributed by atoms with E-state index in [2.05, 4.69) is 31.1 Å². The van der Waals surface area contributed by atoms with Crippen LogP contribution >= 0.6 is 0 Å². The van der Waals surface area contributed by atoms with Gasteiger partial charge in [0.05, 0.1) is 6.04 Å². The summed E-state index contributed by atoms with van der Waals surface area (Å²) in [6, 6.07) is 7.65. The van der Waals surface area contributed by atoms with Crippen molar-refractivity contribution in [3.63, 3.8) is 0 Å². The van der Waals surface area contributed by atoms with Gasteiger partial charge in [0.15, 0.2) is 0 Å². The van der Waals surface area contributed by atoms with Crippen molar-refractivity contribution in [2.24, 2.45) is 5.73 Å². The fraction of sp³-hybridized carbons (Fsp3) is 0.636. The van der Waals surface area contributed by atoms with Gasteiger partial charge in [-0.1, -0.05) is 25.0 Å². The highest BCUT2D eigenvalue weighted by Gasteiger charge is 2.51. The van der Waals surface area contributed by atoms with E-state index in [0.29, 0.717) is 0 Å². The highest BCUT2D eigenvalue weighted by Crippen LogP contribution is 2.44. The molecule has 1 saturated carbocycles. The normalized spacial score (nSPS) is 26.3. The number of hydrogen-bond donors (Lipinski definition) is 1. The Hall–Kier alpha value is -2.08. The van der Waals surface area contributed by atoms with Crippen molar-refractivity contribution in [1.29, 1.82) is 0 Å². The standard InChI is InChI=1S/C22H32N4O2/c1-24(2)15-13-22(11-3-4-12-22)16-7-9-17(10-8-16)26-19(20(23)27)18-6-5-14-25(18)21(26)28/h7-10,18-19H,3-6,11-15H2,1-2H3,(H2,23,27)/t18-,19?/m1/s1. The molecule has 3 aliphatic rings. The molecule has 1 aliphatic carbocycles. The van der Waals surface area contributed by atoms with Crippen LogP contribution in [0.25, 0.3) is 0 Å². The molecule has 1 unspecified atom stereocenters. The van der Waals surface area contributed by atoms with Crippen LogP contribution in [0.2, 0.25) is 0 Å². The van der Waals surface area contributed by atoms with Crippen LogP contribution in [0.15, 0.2) is 24.3 Å². The molecular weight excluding hydrogens is 352 g/mol. The number of anilines is 1. The number of primary amides is 1. The lowest BCUT2D eigenvalue weighted by molar-refractivity contribution is -0.119. The van der Waals surface area contributed by atoms with Gasteiger partial charge in [-0.05, 0) is 75.9 Å². The Morgan fingerprint density at radius 3 is 2.46 bits per heavy atom. The third-order valence-electron chi connectivity index (χ3n) is 7.04. The Morgan fingerprint density at radius 1 is 1.18 bits per heavy atom. The molecule has 6 nitrogen and oxygen atoms in total. The maximum absolute atomic E-state index is 12.9. The second-order valence-electron chi connectivity index (χ2n) is 8.99. The summed E-state index contributed by atoms with van der Waals surface area (Å²) in [7, 11) is 4.25. The zero-order valence-electron chi connectivity index (χ0n) is 17.1. The molecule has 2 saturated heterocycles. The SMILES string of the molecule is CN(C)CCC1(c2ccc(N3C(=O)N4CCC[C@@H]4C3C(N)=O)cc2)CCCC1. The molecule has 1 aromatic rings. The number of benzene rings is 1. The number of amides is 3. The molecule has 2 heterocycles. The quantitative estimate of drug-likeness (QED) is 0.820. The molecule has 2 atom stereocenters. The smallest absolute Gasteiger partial charge is 0.325 e. The van der Waals surface area contributed by atoms with Crippen LogP contribution in [0.4, 0.5) is 10.5 Å². The lowest BCUT2D eigenvalue weighted by Gasteiger charge is -2.32. The van der Waals surface area contributed by atoms with Gasteiger partial charge in [-0.2, -0.15) is 0 Å². The van der Waals surface area contributed by atoms with E-state index in [1.165, 1.54) is 31.2 Å². The van der Waals surface area contributed by atoms with Gasteiger partial charge in [0.25, 0.3) is 0 Å². The minimum Gasteiger partial charge on any atom is -0.368 e. The van der Waals surface area contributed by atoms with Gasteiger partial charge in [0.2, 0.25) is 5.91 Å². The fourth-order valence-corrected chi connectivity index (χ4v) is 5.52. The van der Waals surface area contributed by atoms with E-state index in [1.807, 2.05) is 17.0 Å². The predicted octanol–water partition coefficient (Wildman–Crippen LogP) is 2.71. The van der Waals surface area contributed by atoms with Crippen molar-refractivity contribution in [2.45, 2.75) is 62.4 Å². The van der Waals surface area contributed by atoms with Crippen LogP contribution in [-0.2, 0) is 10.2 Å². The second kappa shape index (κ2) is 7.39. The number of nitrogens with two attached hydrogens (primary N) is 1. The van der Waals surface area contributed by atoms with Crippen LogP contribution in [0, 0.1) is 0 Å². The molecule has 0 aromatic heterocycles. The van der Waals surface area contributed by atoms with Crippen LogP contribution in [-0.4, -0.2) is 61.0 Å². The molecule has 0 radical (unpaired) electrons. The van der Waals surface area contributed by atoms with Gasteiger partial charge in [-0.25, -0.2) is 4.79 Å². The number of nitrogens with zero attached hydrogens (tertiary/aromatic N) is 3. The minimum atomic E-state index is -0.560. The summed E-state index contributed by atoms with van der Waals surface area (Å²) < 4.78 is 0. The van der Waals surface area contributed by atoms with E-state index in [1.54, 1.807) is 4.90 Å². The van der Waals surface area contributed by atoms with E-state index < -0.39 is 11.9 Å². The van der Waals surface area contributed by atoms with E-state index >= 15 is 0 Å². The largest absolute Gasteiger partial charge is 0.368 e. The third-order valence-corrected chi connectivity index (χ3v) is 7.04. The maximum atomic E-state index is 12.9. The summed E-state index contributed by atoms with van der Waals surface area (Å²) in [6.07, 6.45) is 7.95. The molecule has 2 N–H and O–H groups in total. The molecule has 28 heavy (non-hydrogen) atoms. The zero-order valence-corrected chi connectivity index (χ0v) is 17.1. The number of rotatable bonds is 6. The molecule has 0 spiro atoms. The molecule has 2 aliphatic heterocycles. The topological polar surface area (TPSA) is 69.9 Å². The third kappa shape index (κ3) is 3.17. The van der Waals surface area contributed by atoms with Gasteiger partial charge < -0.3 is 15.5 Å². The van der Waals surface area contributed by atoms with Gasteiger partial charge in [-0.15, -0.1) is 0 Å². The lowest BCUT2D eigenvalue weighted by atomic mass is 9.76. The van der Waals surface area contributed by atoms with Gasteiger partial charge >= 0.3 is 6.03 Å². The van der Waals surface area contributed by atoms with E-state index in [-0.39, 0.29) is 17.5 Å². The van der Waals surface area contributed by atoms with E-state index in [4.69, 9.17) is 5.73 Å². The monoisotopic (exact) mass is 384 g/mol. The average molecular weight is 385 g/mol. The Morgan fingerprint density at radius 2 is 1.86 bits per heavy atom. The number of hydrogen-bond acceptors (Lipinski definition) is 3. The Bertz CT molecular complexity index is 739. The summed E-state index contributed by atoms with van der Waals surface area (Å²) in [5.74, 6) is -0.412. The van der Waals surface area contributed by atoms with Crippen molar-refractivity contribution in [1.82, 2.24) is 9.80 Å². The maximum Gasteiger partial charge on any atom is 0.325 e. The molecule has 0 bridgehead atoms. The Labute approximate surface area is 167 Å². The van der Waals surface area contributed by atoms with E-state index in [9.17, 15) is 9.59 Å². The summed E-state index contributed by atoms with van der Waals surface area (Å²) in [6.45, 7) is 1.79. The number of fused-ring (bicyclic) bond motifs is 1. The Kier molecular flexibility index (Phi) is 5.08. The highest BCUT2D eigenvalue weighted by molar-refractivity contribution is 6.03. The van der Waals surface area contributed by atoms with Crippen LogP contribution in [0.5, 0.6) is 0 Å². The first kappa shape index (κ1) is 19.2. The van der Waals surface area contributed by atoms with Crippen LogP contribution in [0.1, 0.15) is 50.5 Å². The molecular formula is C22H32N4O2. The van der Waals surface area contributed by atoms with Crippen molar-refractivity contribution in [3.05, 3.63) is 29.8 Å². The molecule has 1 aromatic carbocycles. The van der Waals surface area contributed by atoms with Crippen molar-refractivity contribution >= 4 is 17.6 Å². The molecule has 3 fully saturated rings. The zero-order chi connectivity index (χ0) is 19.9. The van der Waals surface area contributed by atoms with Gasteiger partial charge in [0, 0.05) is 12.2 Å². The molecule has 3 amide bonds. The van der Waals surface area contributed by atoms with Crippen molar-refractivity contribution in [2.75, 3.05) is 32.1 Å². The van der Waals surface area contributed by atoms with Gasteiger partial charge in [0.1, 0.15) is 6.04 Å². The highest BCUT2D eigenvalue weighted by atomic mass is 16.2. The summed E-state index contributed by atoms with van der Waals surface area (Å²) >= 11 is 0. The number of carbonyl (C=O) groups excluding carboxylic acids is 2. The van der Waals surface area contributed by atoms with E-state index in [0.717, 1.165) is 38.0 Å². The minimum absolute atomic E-state index is 0.0778. The first-order valence-electron chi connectivity index (χ1n) is 10.6. The number of carbonyl (C=O) groups is 2. The molecule has 152 valence electrons. The number of urea groups is 1. The summed E-state index contributed by atoms with van der Waals surface area (Å²) in [5, 5.41) is 0. The Balaban J connectivity index is 1.60. The first-order chi connectivity index (χ1) is 13.4. The first-order valence-corrected chi connectivity index (χ1v) is 10.6.